The van der Waals surface area contributed by atoms with Gasteiger partial charge in [0.2, 0.25) is 0 Å². The summed E-state index contributed by atoms with van der Waals surface area (Å²) < 4.78 is 5.53. The van der Waals surface area contributed by atoms with E-state index < -0.39 is 0 Å². The van der Waals surface area contributed by atoms with Crippen LogP contribution in [0.4, 0.5) is 0 Å². The second-order valence-electron chi connectivity index (χ2n) is 8.09. The minimum Gasteiger partial charge on any atom is -0.497 e. The fraction of sp³-hybridized carbons (Fsp3) is 0.714. The summed E-state index contributed by atoms with van der Waals surface area (Å²) in [4.78, 5) is 2.73. The number of hydrogen-bond donors (Lipinski definition) is 1. The van der Waals surface area contributed by atoms with E-state index in [1.807, 2.05) is 0 Å². The Balaban J connectivity index is 1.93. The molecule has 2 aliphatic rings. The maximum Gasteiger partial charge on any atom is 0.119 e. The van der Waals surface area contributed by atoms with E-state index in [0.29, 0.717) is 12.0 Å². The van der Waals surface area contributed by atoms with E-state index in [1.165, 1.54) is 43.5 Å². The third-order valence-electron chi connectivity index (χ3n) is 6.78. The van der Waals surface area contributed by atoms with Crippen LogP contribution in [-0.2, 0) is 5.41 Å². The molecule has 0 amide bonds. The van der Waals surface area contributed by atoms with Gasteiger partial charge in [-0.15, -0.1) is 0 Å². The van der Waals surface area contributed by atoms with Crippen molar-refractivity contribution in [3.63, 3.8) is 0 Å². The normalized spacial score (nSPS) is 31.2. The molecule has 1 saturated carbocycles. The predicted molar refractivity (Wildman–Crippen MR) is 101 cm³/mol. The quantitative estimate of drug-likeness (QED) is 0.864. The Labute approximate surface area is 147 Å². The summed E-state index contributed by atoms with van der Waals surface area (Å²) in [5.74, 6) is 2.52. The molecular weight excluding hydrogens is 296 g/mol. The zero-order chi connectivity index (χ0) is 17.3. The highest BCUT2D eigenvalue weighted by atomic mass is 16.5. The van der Waals surface area contributed by atoms with Gasteiger partial charge < -0.3 is 15.4 Å². The number of nitrogens with two attached hydrogens (primary N) is 1. The van der Waals surface area contributed by atoms with Crippen LogP contribution in [0.25, 0.3) is 0 Å². The standard InChI is InChI=1S/C21H34N2O/c1-15-5-8-19(24-4)13-20(15)21(9-11-22)10-12-23(14-18-6-7-18)17(3)16(21)2/h5,8,13,16-18H,6-7,9-12,14,22H2,1-4H3/t16-,17?,21-/m0/s1. The van der Waals surface area contributed by atoms with Crippen molar-refractivity contribution in [3.05, 3.63) is 29.3 Å². The Hall–Kier alpha value is -1.06. The highest BCUT2D eigenvalue weighted by Crippen LogP contribution is 2.47. The highest BCUT2D eigenvalue weighted by Gasteiger charge is 2.46. The van der Waals surface area contributed by atoms with Gasteiger partial charge in [0.15, 0.2) is 0 Å². The van der Waals surface area contributed by atoms with Crippen LogP contribution in [0.2, 0.25) is 0 Å². The van der Waals surface area contributed by atoms with Crippen molar-refractivity contribution in [2.45, 2.75) is 57.9 Å². The van der Waals surface area contributed by atoms with E-state index in [9.17, 15) is 0 Å². The summed E-state index contributed by atoms with van der Waals surface area (Å²) in [6.45, 7) is 10.3. The Morgan fingerprint density at radius 1 is 1.29 bits per heavy atom. The number of methoxy groups -OCH3 is 1. The number of benzene rings is 1. The highest BCUT2D eigenvalue weighted by molar-refractivity contribution is 5.41. The number of rotatable bonds is 6. The second-order valence-corrected chi connectivity index (χ2v) is 8.09. The van der Waals surface area contributed by atoms with Crippen molar-refractivity contribution in [2.24, 2.45) is 17.6 Å². The molecule has 3 heteroatoms. The summed E-state index contributed by atoms with van der Waals surface area (Å²) in [7, 11) is 1.76. The molecule has 3 rings (SSSR count). The van der Waals surface area contributed by atoms with Gasteiger partial charge in [0.05, 0.1) is 7.11 Å². The zero-order valence-corrected chi connectivity index (χ0v) is 15.8. The molecule has 2 fully saturated rings. The Kier molecular flexibility index (Phi) is 5.22. The fourth-order valence-electron chi connectivity index (χ4n) is 4.83. The molecule has 1 aromatic carbocycles. The average Bonchev–Trinajstić information content (AvgIpc) is 3.39. The maximum atomic E-state index is 6.09. The van der Waals surface area contributed by atoms with Gasteiger partial charge in [0.25, 0.3) is 0 Å². The molecule has 3 atom stereocenters. The average molecular weight is 331 g/mol. The fourth-order valence-corrected chi connectivity index (χ4v) is 4.83. The molecule has 0 bridgehead atoms. The summed E-state index contributed by atoms with van der Waals surface area (Å²) in [6.07, 6.45) is 5.13. The molecule has 1 aromatic rings. The molecule has 2 N–H and O–H groups in total. The summed E-state index contributed by atoms with van der Waals surface area (Å²) in [5.41, 5.74) is 9.09. The van der Waals surface area contributed by atoms with E-state index in [4.69, 9.17) is 10.5 Å². The first-order valence-corrected chi connectivity index (χ1v) is 9.61. The van der Waals surface area contributed by atoms with Crippen LogP contribution in [0.3, 0.4) is 0 Å². The first-order valence-electron chi connectivity index (χ1n) is 9.61. The lowest BCUT2D eigenvalue weighted by atomic mass is 9.61. The van der Waals surface area contributed by atoms with Gasteiger partial charge in [0.1, 0.15) is 5.75 Å². The SMILES string of the molecule is COc1ccc(C)c([C@@]2(CCN)CCN(CC3CC3)C(C)[C@@H]2C)c1. The molecule has 1 heterocycles. The summed E-state index contributed by atoms with van der Waals surface area (Å²) in [5, 5.41) is 0. The number of ether oxygens (including phenoxy) is 1. The molecule has 0 aromatic heterocycles. The first kappa shape index (κ1) is 17.8. The number of aryl methyl sites for hydroxylation is 1. The molecule has 1 aliphatic heterocycles. The van der Waals surface area contributed by atoms with Crippen molar-refractivity contribution >= 4 is 0 Å². The molecule has 0 radical (unpaired) electrons. The van der Waals surface area contributed by atoms with E-state index >= 15 is 0 Å². The molecule has 1 saturated heterocycles. The van der Waals surface area contributed by atoms with Crippen molar-refractivity contribution in [2.75, 3.05) is 26.7 Å². The number of nitrogens with zero attached hydrogens (tertiary/aromatic N) is 1. The van der Waals surface area contributed by atoms with Gasteiger partial charge in [-0.05, 0) is 87.7 Å². The van der Waals surface area contributed by atoms with Crippen LogP contribution >= 0.6 is 0 Å². The predicted octanol–water partition coefficient (Wildman–Crippen LogP) is 3.73. The molecular formula is C21H34N2O. The van der Waals surface area contributed by atoms with E-state index in [1.54, 1.807) is 7.11 Å². The van der Waals surface area contributed by atoms with Gasteiger partial charge in [0, 0.05) is 18.0 Å². The van der Waals surface area contributed by atoms with E-state index in [0.717, 1.165) is 24.6 Å². The van der Waals surface area contributed by atoms with E-state index in [2.05, 4.69) is 43.9 Å². The van der Waals surface area contributed by atoms with Crippen LogP contribution in [0.15, 0.2) is 18.2 Å². The Morgan fingerprint density at radius 3 is 2.67 bits per heavy atom. The number of hydrogen-bond acceptors (Lipinski definition) is 3. The third-order valence-corrected chi connectivity index (χ3v) is 6.78. The summed E-state index contributed by atoms with van der Waals surface area (Å²) >= 11 is 0. The van der Waals surface area contributed by atoms with Gasteiger partial charge in [-0.2, -0.15) is 0 Å². The molecule has 1 unspecified atom stereocenters. The van der Waals surface area contributed by atoms with Gasteiger partial charge >= 0.3 is 0 Å². The molecule has 24 heavy (non-hydrogen) atoms. The Morgan fingerprint density at radius 2 is 2.04 bits per heavy atom. The largest absolute Gasteiger partial charge is 0.497 e. The van der Waals surface area contributed by atoms with Gasteiger partial charge in [-0.25, -0.2) is 0 Å². The molecule has 0 spiro atoms. The van der Waals surface area contributed by atoms with Crippen LogP contribution in [-0.4, -0.2) is 37.7 Å². The third kappa shape index (κ3) is 3.21. The summed E-state index contributed by atoms with van der Waals surface area (Å²) in [6, 6.07) is 7.16. The van der Waals surface area contributed by atoms with Crippen LogP contribution in [0.5, 0.6) is 5.75 Å². The van der Waals surface area contributed by atoms with Crippen LogP contribution in [0.1, 0.15) is 50.7 Å². The number of piperidine rings is 1. The first-order chi connectivity index (χ1) is 11.5. The minimum absolute atomic E-state index is 0.173. The maximum absolute atomic E-state index is 6.09. The van der Waals surface area contributed by atoms with Crippen molar-refractivity contribution in [1.29, 1.82) is 0 Å². The molecule has 134 valence electrons. The van der Waals surface area contributed by atoms with Crippen molar-refractivity contribution < 1.29 is 4.74 Å². The smallest absolute Gasteiger partial charge is 0.119 e. The van der Waals surface area contributed by atoms with Crippen molar-refractivity contribution in [1.82, 2.24) is 4.90 Å². The molecule has 1 aliphatic carbocycles. The van der Waals surface area contributed by atoms with E-state index in [-0.39, 0.29) is 5.41 Å². The lowest BCUT2D eigenvalue weighted by Crippen LogP contribution is -2.55. The van der Waals surface area contributed by atoms with Crippen molar-refractivity contribution in [3.8, 4) is 5.75 Å². The van der Waals surface area contributed by atoms with Crippen LogP contribution in [0, 0.1) is 18.8 Å². The van der Waals surface area contributed by atoms with Gasteiger partial charge in [-0.1, -0.05) is 13.0 Å². The second kappa shape index (κ2) is 7.05. The monoisotopic (exact) mass is 330 g/mol. The Bertz CT molecular complexity index is 569. The van der Waals surface area contributed by atoms with Gasteiger partial charge in [-0.3, -0.25) is 0 Å². The zero-order valence-electron chi connectivity index (χ0n) is 15.8. The minimum atomic E-state index is 0.173. The lowest BCUT2D eigenvalue weighted by Gasteiger charge is -2.52. The van der Waals surface area contributed by atoms with Crippen LogP contribution < -0.4 is 10.5 Å². The molecule has 3 nitrogen and oxygen atoms in total. The topological polar surface area (TPSA) is 38.5 Å². The number of likely N-dealkylation sites (tertiary alicyclic amines) is 1. The lowest BCUT2D eigenvalue weighted by molar-refractivity contribution is 0.0374.